The molecular formula is C18H18O4. The molecule has 0 amide bonds. The summed E-state index contributed by atoms with van der Waals surface area (Å²) in [6, 6.07) is 9.86. The number of hydrogen-bond acceptors (Lipinski definition) is 2. The number of carboxylic acid groups (broad SMARTS) is 2. The maximum Gasteiger partial charge on any atom is 0.325 e. The van der Waals surface area contributed by atoms with Gasteiger partial charge in [0.05, 0.1) is 0 Å². The largest absolute Gasteiger partial charge is 0.480 e. The quantitative estimate of drug-likeness (QED) is 0.834. The van der Waals surface area contributed by atoms with Crippen molar-refractivity contribution < 1.29 is 19.8 Å². The van der Waals surface area contributed by atoms with Crippen molar-refractivity contribution in [3.8, 4) is 0 Å². The van der Waals surface area contributed by atoms with E-state index >= 15 is 0 Å². The molecule has 0 radical (unpaired) electrons. The molecule has 114 valence electrons. The second kappa shape index (κ2) is 6.02. The molecule has 0 spiro atoms. The molecule has 2 rings (SSSR count). The van der Waals surface area contributed by atoms with E-state index in [0.29, 0.717) is 0 Å². The fourth-order valence-electron chi connectivity index (χ4n) is 2.45. The van der Waals surface area contributed by atoms with Crippen LogP contribution in [0.5, 0.6) is 0 Å². The molecule has 4 nitrogen and oxygen atoms in total. The highest BCUT2D eigenvalue weighted by molar-refractivity contribution is 6.01. The van der Waals surface area contributed by atoms with Crippen LogP contribution in [0.15, 0.2) is 59.7 Å². The molecule has 0 aromatic heterocycles. The number of rotatable bonds is 4. The smallest absolute Gasteiger partial charge is 0.325 e. The lowest BCUT2D eigenvalue weighted by Crippen LogP contribution is -2.38. The summed E-state index contributed by atoms with van der Waals surface area (Å²) in [5, 5.41) is 18.4. The molecule has 0 saturated heterocycles. The molecule has 1 aromatic carbocycles. The normalized spacial score (nSPS) is 17.5. The molecule has 1 aromatic rings. The van der Waals surface area contributed by atoms with Gasteiger partial charge < -0.3 is 10.2 Å². The molecule has 0 atom stereocenters. The lowest BCUT2D eigenvalue weighted by Gasteiger charge is -2.24. The number of aliphatic carboxylic acids is 2. The van der Waals surface area contributed by atoms with Crippen LogP contribution < -0.4 is 0 Å². The van der Waals surface area contributed by atoms with Gasteiger partial charge >= 0.3 is 11.9 Å². The van der Waals surface area contributed by atoms with E-state index in [2.05, 4.69) is 0 Å². The first-order valence-corrected chi connectivity index (χ1v) is 6.98. The van der Waals surface area contributed by atoms with Gasteiger partial charge in [-0.1, -0.05) is 48.6 Å². The number of carboxylic acids is 2. The first-order chi connectivity index (χ1) is 10.4. The third-order valence-electron chi connectivity index (χ3n) is 4.16. The van der Waals surface area contributed by atoms with Crippen LogP contribution in [0.4, 0.5) is 0 Å². The summed E-state index contributed by atoms with van der Waals surface area (Å²) in [5.41, 5.74) is 2.17. The average molecular weight is 298 g/mol. The molecule has 0 aliphatic heterocycles. The van der Waals surface area contributed by atoms with Crippen LogP contribution in [0.1, 0.15) is 25.8 Å². The summed E-state index contributed by atoms with van der Waals surface area (Å²) in [7, 11) is 0. The van der Waals surface area contributed by atoms with Gasteiger partial charge in [-0.2, -0.15) is 0 Å². The van der Waals surface area contributed by atoms with Gasteiger partial charge in [0.15, 0.2) is 5.41 Å². The lowest BCUT2D eigenvalue weighted by molar-refractivity contribution is -0.160. The summed E-state index contributed by atoms with van der Waals surface area (Å²) in [5.74, 6) is -2.68. The van der Waals surface area contributed by atoms with E-state index in [9.17, 15) is 19.8 Å². The molecule has 1 aliphatic rings. The predicted molar refractivity (Wildman–Crippen MR) is 84.3 cm³/mol. The standard InChI is InChI=1S/C18H18O4/c1-12(14-6-4-3-5-7-14)13(2)15-8-10-18(11-9-15,16(19)20)17(21)22/h3-10H,11H2,1-2H3,(H,19,20)(H,21,22). The van der Waals surface area contributed by atoms with Crippen LogP contribution in [-0.2, 0) is 9.59 Å². The predicted octanol–water partition coefficient (Wildman–Crippen LogP) is 3.52. The van der Waals surface area contributed by atoms with Crippen molar-refractivity contribution in [1.29, 1.82) is 0 Å². The average Bonchev–Trinajstić information content (AvgIpc) is 2.54. The van der Waals surface area contributed by atoms with Crippen LogP contribution in [0.25, 0.3) is 5.57 Å². The van der Waals surface area contributed by atoms with Crippen molar-refractivity contribution in [1.82, 2.24) is 0 Å². The highest BCUT2D eigenvalue weighted by Crippen LogP contribution is 2.34. The van der Waals surface area contributed by atoms with Gasteiger partial charge in [-0.25, -0.2) is 0 Å². The Labute approximate surface area is 129 Å². The molecule has 22 heavy (non-hydrogen) atoms. The fraction of sp³-hybridized carbons (Fsp3) is 0.222. The Balaban J connectivity index is 2.34. The molecular weight excluding hydrogens is 280 g/mol. The van der Waals surface area contributed by atoms with Crippen LogP contribution >= 0.6 is 0 Å². The van der Waals surface area contributed by atoms with Crippen LogP contribution in [0.2, 0.25) is 0 Å². The highest BCUT2D eigenvalue weighted by Gasteiger charge is 2.44. The third kappa shape index (κ3) is 2.72. The highest BCUT2D eigenvalue weighted by atomic mass is 16.4. The van der Waals surface area contributed by atoms with Crippen LogP contribution in [-0.4, -0.2) is 22.2 Å². The van der Waals surface area contributed by atoms with E-state index in [1.165, 1.54) is 6.08 Å². The Morgan fingerprint density at radius 2 is 1.59 bits per heavy atom. The monoisotopic (exact) mass is 298 g/mol. The van der Waals surface area contributed by atoms with Crippen LogP contribution in [0.3, 0.4) is 0 Å². The zero-order valence-electron chi connectivity index (χ0n) is 12.5. The molecule has 0 heterocycles. The summed E-state index contributed by atoms with van der Waals surface area (Å²) in [6.07, 6.45) is 4.50. The molecule has 0 saturated carbocycles. The number of carbonyl (C=O) groups is 2. The second-order valence-electron chi connectivity index (χ2n) is 5.39. The Morgan fingerprint density at radius 3 is 2.05 bits per heavy atom. The number of allylic oxidation sites excluding steroid dienone is 5. The van der Waals surface area contributed by atoms with Crippen molar-refractivity contribution in [2.45, 2.75) is 20.3 Å². The van der Waals surface area contributed by atoms with Gasteiger partial charge in [0, 0.05) is 0 Å². The van der Waals surface area contributed by atoms with Crippen molar-refractivity contribution in [2.75, 3.05) is 0 Å². The Morgan fingerprint density at radius 1 is 1.00 bits per heavy atom. The first kappa shape index (κ1) is 15.8. The van der Waals surface area contributed by atoms with Gasteiger partial charge in [0.2, 0.25) is 0 Å². The zero-order valence-corrected chi connectivity index (χ0v) is 12.5. The van der Waals surface area contributed by atoms with E-state index in [1.807, 2.05) is 44.2 Å². The van der Waals surface area contributed by atoms with E-state index in [0.717, 1.165) is 22.3 Å². The maximum absolute atomic E-state index is 11.3. The maximum atomic E-state index is 11.3. The molecule has 1 aliphatic carbocycles. The Kier molecular flexibility index (Phi) is 4.31. The third-order valence-corrected chi connectivity index (χ3v) is 4.16. The van der Waals surface area contributed by atoms with Gasteiger partial charge in [0.25, 0.3) is 0 Å². The molecule has 4 heteroatoms. The summed E-state index contributed by atoms with van der Waals surface area (Å²) in [4.78, 5) is 22.6. The van der Waals surface area contributed by atoms with E-state index < -0.39 is 17.4 Å². The minimum absolute atomic E-state index is 0.0527. The van der Waals surface area contributed by atoms with Crippen molar-refractivity contribution in [2.24, 2.45) is 5.41 Å². The topological polar surface area (TPSA) is 74.6 Å². The summed E-state index contributed by atoms with van der Waals surface area (Å²) < 4.78 is 0. The molecule has 2 N–H and O–H groups in total. The second-order valence-corrected chi connectivity index (χ2v) is 5.39. The molecule has 0 unspecified atom stereocenters. The van der Waals surface area contributed by atoms with E-state index in [4.69, 9.17) is 0 Å². The van der Waals surface area contributed by atoms with Crippen molar-refractivity contribution in [3.63, 3.8) is 0 Å². The minimum Gasteiger partial charge on any atom is -0.480 e. The zero-order chi connectivity index (χ0) is 16.3. The van der Waals surface area contributed by atoms with E-state index in [-0.39, 0.29) is 6.42 Å². The van der Waals surface area contributed by atoms with Crippen molar-refractivity contribution in [3.05, 3.63) is 65.3 Å². The summed E-state index contributed by atoms with van der Waals surface area (Å²) in [6.45, 7) is 3.95. The number of hydrogen-bond donors (Lipinski definition) is 2. The van der Waals surface area contributed by atoms with Crippen LogP contribution in [0, 0.1) is 5.41 Å². The van der Waals surface area contributed by atoms with Gasteiger partial charge in [-0.15, -0.1) is 0 Å². The van der Waals surface area contributed by atoms with E-state index in [1.54, 1.807) is 12.2 Å². The SMILES string of the molecule is CC(C1=CCC(C(=O)O)(C(=O)O)C=C1)=C(C)c1ccccc1. The van der Waals surface area contributed by atoms with Gasteiger partial charge in [-0.3, -0.25) is 9.59 Å². The fourth-order valence-corrected chi connectivity index (χ4v) is 2.45. The first-order valence-electron chi connectivity index (χ1n) is 6.98. The van der Waals surface area contributed by atoms with Gasteiger partial charge in [0.1, 0.15) is 0 Å². The van der Waals surface area contributed by atoms with Crippen molar-refractivity contribution >= 4 is 17.5 Å². The molecule has 0 fully saturated rings. The Hall–Kier alpha value is -2.62. The minimum atomic E-state index is -1.86. The summed E-state index contributed by atoms with van der Waals surface area (Å²) >= 11 is 0. The Bertz CT molecular complexity index is 679. The molecule has 0 bridgehead atoms. The number of benzene rings is 1. The van der Waals surface area contributed by atoms with Gasteiger partial charge in [-0.05, 0) is 42.6 Å². The lowest BCUT2D eigenvalue weighted by atomic mass is 9.78.